The normalized spacial score (nSPS) is 14.0. The summed E-state index contributed by atoms with van der Waals surface area (Å²) in [7, 11) is 0. The zero-order valence-electron chi connectivity index (χ0n) is 15.1. The number of urea groups is 1. The van der Waals surface area contributed by atoms with Gasteiger partial charge in [0.05, 0.1) is 10.5 Å². The van der Waals surface area contributed by atoms with Gasteiger partial charge in [-0.25, -0.2) is 9.59 Å². The van der Waals surface area contributed by atoms with Crippen molar-refractivity contribution in [3.8, 4) is 0 Å². The predicted octanol–water partition coefficient (Wildman–Crippen LogP) is 1.95. The molecule has 0 bridgehead atoms. The summed E-state index contributed by atoms with van der Waals surface area (Å²) in [6.07, 6.45) is 2.59. The lowest BCUT2D eigenvalue weighted by molar-refractivity contribution is -0.384. The summed E-state index contributed by atoms with van der Waals surface area (Å²) in [6.45, 7) is 2.97. The van der Waals surface area contributed by atoms with Gasteiger partial charge in [-0.15, -0.1) is 0 Å². The molecule has 146 valence electrons. The predicted molar refractivity (Wildman–Crippen MR) is 96.5 cm³/mol. The fraction of sp³-hybridized carbons (Fsp3) is 0.471. The second kappa shape index (κ2) is 8.97. The Morgan fingerprint density at radius 1 is 1.33 bits per heavy atom. The number of hydrogen-bond acceptors (Lipinski definition) is 7. The molecule has 1 saturated carbocycles. The van der Waals surface area contributed by atoms with Crippen molar-refractivity contribution in [3.05, 3.63) is 33.9 Å². The lowest BCUT2D eigenvalue weighted by Crippen LogP contribution is -2.44. The van der Waals surface area contributed by atoms with Gasteiger partial charge in [-0.2, -0.15) is 0 Å². The number of hydrogen-bond donors (Lipinski definition) is 3. The molecule has 2 rings (SSSR count). The van der Waals surface area contributed by atoms with Gasteiger partial charge in [-0.1, -0.05) is 6.92 Å². The highest BCUT2D eigenvalue weighted by molar-refractivity contribution is 5.97. The van der Waals surface area contributed by atoms with Crippen LogP contribution in [0.15, 0.2) is 18.2 Å². The number of ether oxygens (including phenoxy) is 1. The maximum Gasteiger partial charge on any atom is 0.338 e. The number of imide groups is 1. The van der Waals surface area contributed by atoms with Gasteiger partial charge in [0.2, 0.25) is 0 Å². The van der Waals surface area contributed by atoms with Crippen molar-refractivity contribution in [1.29, 1.82) is 0 Å². The van der Waals surface area contributed by atoms with Gasteiger partial charge in [-0.05, 0) is 38.3 Å². The van der Waals surface area contributed by atoms with E-state index in [9.17, 15) is 24.5 Å². The number of rotatable bonds is 8. The summed E-state index contributed by atoms with van der Waals surface area (Å²) in [5, 5.41) is 18.8. The summed E-state index contributed by atoms with van der Waals surface area (Å²) < 4.78 is 4.82. The van der Waals surface area contributed by atoms with Crippen LogP contribution in [-0.2, 0) is 9.53 Å². The molecule has 3 amide bonds. The van der Waals surface area contributed by atoms with E-state index in [1.807, 2.05) is 12.2 Å². The molecule has 1 atom stereocenters. The minimum absolute atomic E-state index is 0.0556. The second-order valence-corrected chi connectivity index (χ2v) is 6.31. The van der Waals surface area contributed by atoms with Crippen molar-refractivity contribution in [2.75, 3.05) is 11.9 Å². The Labute approximate surface area is 155 Å². The first-order valence-corrected chi connectivity index (χ1v) is 8.62. The van der Waals surface area contributed by atoms with E-state index < -0.39 is 29.4 Å². The first-order valence-electron chi connectivity index (χ1n) is 8.62. The third-order valence-electron chi connectivity index (χ3n) is 3.94. The Bertz CT molecular complexity index is 747. The third-order valence-corrected chi connectivity index (χ3v) is 3.94. The van der Waals surface area contributed by atoms with Gasteiger partial charge >= 0.3 is 12.0 Å². The Hall–Kier alpha value is -3.17. The van der Waals surface area contributed by atoms with Crippen LogP contribution in [0.1, 0.15) is 43.5 Å². The molecule has 0 aliphatic heterocycles. The fourth-order valence-electron chi connectivity index (χ4n) is 2.12. The quantitative estimate of drug-likeness (QED) is 0.357. The van der Waals surface area contributed by atoms with Crippen molar-refractivity contribution in [2.24, 2.45) is 0 Å². The first kappa shape index (κ1) is 20.1. The molecule has 0 radical (unpaired) electrons. The second-order valence-electron chi connectivity index (χ2n) is 6.31. The maximum atomic E-state index is 12.0. The van der Waals surface area contributed by atoms with Crippen LogP contribution in [0, 0.1) is 10.1 Å². The molecule has 1 aliphatic carbocycles. The fourth-order valence-corrected chi connectivity index (χ4v) is 2.12. The van der Waals surface area contributed by atoms with Gasteiger partial charge < -0.3 is 15.4 Å². The number of nitrogens with zero attached hydrogens (tertiary/aromatic N) is 1. The van der Waals surface area contributed by atoms with Crippen LogP contribution in [0.4, 0.5) is 16.2 Å². The standard InChI is InChI=1S/C17H22N4O6/c1-3-10(2)18-17(24)20-15(22)9-27-16(23)11-4-7-13(19-12-5-6-12)14(8-11)21(25)26/h4,7-8,10,12,19H,3,5-6,9H2,1-2H3,(H2,18,20,22,24)/t10-/m1/s1. The van der Waals surface area contributed by atoms with Gasteiger partial charge in [0, 0.05) is 18.2 Å². The zero-order chi connectivity index (χ0) is 20.0. The summed E-state index contributed by atoms with van der Waals surface area (Å²) in [5.41, 5.74) is 0.0344. The van der Waals surface area contributed by atoms with Crippen molar-refractivity contribution < 1.29 is 24.0 Å². The monoisotopic (exact) mass is 378 g/mol. The van der Waals surface area contributed by atoms with Gasteiger partial charge in [-0.3, -0.25) is 20.2 Å². The van der Waals surface area contributed by atoms with Crippen LogP contribution in [0.25, 0.3) is 0 Å². The number of nitrogens with one attached hydrogen (secondary N) is 3. The maximum absolute atomic E-state index is 12.0. The van der Waals surface area contributed by atoms with Crippen LogP contribution in [-0.4, -0.2) is 41.5 Å². The van der Waals surface area contributed by atoms with E-state index in [0.29, 0.717) is 12.1 Å². The average Bonchev–Trinajstić information content (AvgIpc) is 3.43. The smallest absolute Gasteiger partial charge is 0.338 e. The molecule has 27 heavy (non-hydrogen) atoms. The molecule has 0 saturated heterocycles. The first-order chi connectivity index (χ1) is 12.8. The van der Waals surface area contributed by atoms with E-state index in [-0.39, 0.29) is 23.3 Å². The third kappa shape index (κ3) is 6.24. The molecule has 10 nitrogen and oxygen atoms in total. The molecule has 1 aliphatic rings. The van der Waals surface area contributed by atoms with Crippen LogP contribution >= 0.6 is 0 Å². The molecule has 3 N–H and O–H groups in total. The number of esters is 1. The zero-order valence-corrected chi connectivity index (χ0v) is 15.1. The van der Waals surface area contributed by atoms with Crippen molar-refractivity contribution >= 4 is 29.3 Å². The van der Waals surface area contributed by atoms with E-state index in [2.05, 4.69) is 10.6 Å². The molecule has 1 aromatic carbocycles. The topological polar surface area (TPSA) is 140 Å². The van der Waals surface area contributed by atoms with E-state index in [1.54, 1.807) is 6.92 Å². The molecule has 1 aromatic rings. The SMILES string of the molecule is CC[C@@H](C)NC(=O)NC(=O)COC(=O)c1ccc(NC2CC2)c([N+](=O)[O-])c1. The lowest BCUT2D eigenvalue weighted by atomic mass is 10.1. The molecule has 0 spiro atoms. The van der Waals surface area contributed by atoms with Crippen molar-refractivity contribution in [1.82, 2.24) is 10.6 Å². The summed E-state index contributed by atoms with van der Waals surface area (Å²) in [4.78, 5) is 45.8. The Morgan fingerprint density at radius 3 is 2.63 bits per heavy atom. The van der Waals surface area contributed by atoms with Crippen LogP contribution in [0.5, 0.6) is 0 Å². The summed E-state index contributed by atoms with van der Waals surface area (Å²) >= 11 is 0. The highest BCUT2D eigenvalue weighted by atomic mass is 16.6. The summed E-state index contributed by atoms with van der Waals surface area (Å²) in [6, 6.07) is 3.34. The number of nitro groups is 1. The molecule has 0 heterocycles. The molecule has 0 aromatic heterocycles. The highest BCUT2D eigenvalue weighted by Gasteiger charge is 2.26. The Morgan fingerprint density at radius 2 is 2.04 bits per heavy atom. The van der Waals surface area contributed by atoms with E-state index in [1.165, 1.54) is 12.1 Å². The van der Waals surface area contributed by atoms with Crippen molar-refractivity contribution in [3.63, 3.8) is 0 Å². The van der Waals surface area contributed by atoms with Crippen molar-refractivity contribution in [2.45, 2.75) is 45.2 Å². The van der Waals surface area contributed by atoms with Crippen LogP contribution in [0.2, 0.25) is 0 Å². The minimum Gasteiger partial charge on any atom is -0.452 e. The van der Waals surface area contributed by atoms with Gasteiger partial charge in [0.25, 0.3) is 11.6 Å². The van der Waals surface area contributed by atoms with E-state index in [4.69, 9.17) is 4.74 Å². The molecule has 0 unspecified atom stereocenters. The Balaban J connectivity index is 1.91. The van der Waals surface area contributed by atoms with E-state index >= 15 is 0 Å². The minimum atomic E-state index is -0.895. The molecular weight excluding hydrogens is 356 g/mol. The number of carbonyl (C=O) groups excluding carboxylic acids is 3. The number of nitro benzene ring substituents is 1. The van der Waals surface area contributed by atoms with Crippen LogP contribution in [0.3, 0.4) is 0 Å². The lowest BCUT2D eigenvalue weighted by Gasteiger charge is -2.12. The highest BCUT2D eigenvalue weighted by Crippen LogP contribution is 2.31. The molecule has 10 heteroatoms. The molecule has 1 fully saturated rings. The number of carbonyl (C=O) groups is 3. The molecular formula is C17H22N4O6. The number of benzene rings is 1. The summed E-state index contributed by atoms with van der Waals surface area (Å²) in [5.74, 6) is -1.70. The van der Waals surface area contributed by atoms with E-state index in [0.717, 1.165) is 18.9 Å². The van der Waals surface area contributed by atoms with Crippen LogP contribution < -0.4 is 16.0 Å². The number of amides is 3. The number of anilines is 1. The van der Waals surface area contributed by atoms with Gasteiger partial charge in [0.1, 0.15) is 5.69 Å². The van der Waals surface area contributed by atoms with Gasteiger partial charge in [0.15, 0.2) is 6.61 Å². The Kier molecular flexibility index (Phi) is 6.69. The largest absolute Gasteiger partial charge is 0.452 e. The average molecular weight is 378 g/mol.